The van der Waals surface area contributed by atoms with E-state index >= 15 is 0 Å². The maximum Gasteiger partial charge on any atom is 0.120 e. The molecule has 14 nitrogen and oxygen atoms in total. The number of hydrogen-bond acceptors (Lipinski definition) is 14. The van der Waals surface area contributed by atoms with E-state index in [4.69, 9.17) is 0 Å². The first-order valence-corrected chi connectivity index (χ1v) is 9.95. The summed E-state index contributed by atoms with van der Waals surface area (Å²) in [5, 5.41) is 19.3. The van der Waals surface area contributed by atoms with Crippen LogP contribution in [0.2, 0.25) is 0 Å². The Balaban J connectivity index is 3.10. The molecule has 0 spiro atoms. The van der Waals surface area contributed by atoms with Crippen molar-refractivity contribution in [3.8, 4) is 0 Å². The lowest BCUT2D eigenvalue weighted by Gasteiger charge is -2.49. The largest absolute Gasteiger partial charge is 0.790 e. The number of hydrogen-bond donors (Lipinski definition) is 2. The molecule has 5 atom stereocenters. The molecule has 1 fully saturated rings. The highest BCUT2D eigenvalue weighted by molar-refractivity contribution is 7.43. The van der Waals surface area contributed by atoms with Gasteiger partial charge in [-0.05, 0) is 0 Å². The molecule has 1 aliphatic carbocycles. The quantitative estimate of drug-likeness (QED) is 0.394. The first-order chi connectivity index (χ1) is 10.1. The summed E-state index contributed by atoms with van der Waals surface area (Å²) in [4.78, 5) is 63.4. The molecule has 138 valence electrons. The second-order valence-corrected chi connectivity index (χ2v) is 7.73. The molecule has 0 amide bonds. The monoisotopic (exact) mass is 398 g/mol. The molecule has 1 aliphatic rings. The number of rotatable bonds is 6. The second-order valence-electron chi connectivity index (χ2n) is 4.42. The van der Waals surface area contributed by atoms with Crippen molar-refractivity contribution in [2.75, 3.05) is 0 Å². The summed E-state index contributed by atoms with van der Waals surface area (Å²) >= 11 is 0. The summed E-state index contributed by atoms with van der Waals surface area (Å²) in [6.45, 7) is 0. The number of phosphoric acid groups is 3. The van der Waals surface area contributed by atoms with Gasteiger partial charge in [0.1, 0.15) is 18.3 Å². The van der Waals surface area contributed by atoms with Crippen molar-refractivity contribution in [3.05, 3.63) is 0 Å². The molecule has 0 aromatic rings. The van der Waals surface area contributed by atoms with Crippen LogP contribution in [0.5, 0.6) is 0 Å². The molecular weight excluding hydrogens is 389 g/mol. The Morgan fingerprint density at radius 3 is 1.52 bits per heavy atom. The predicted molar refractivity (Wildman–Crippen MR) is 54.1 cm³/mol. The molecule has 0 aromatic carbocycles. The highest BCUT2D eigenvalue weighted by Crippen LogP contribution is 2.43. The lowest BCUT2D eigenvalue weighted by Crippen LogP contribution is -2.59. The van der Waals surface area contributed by atoms with Crippen molar-refractivity contribution in [2.24, 2.45) is 0 Å². The first kappa shape index (κ1) is 21.3. The molecule has 1 rings (SSSR count). The van der Waals surface area contributed by atoms with E-state index in [-0.39, 0.29) is 0 Å². The standard InChI is InChI=1S/C6H15O14P3/c7-2-1-3(18-21(9,10)11)4(8)6(20-23(15,16)17)5(2)19-22(12,13)14/h2-8H,1H2,(H2,9,10,11)(H2,12,13,14)(H2,15,16,17)/p-6/t2-,3-,4+,5-,6-/m1/s1. The van der Waals surface area contributed by atoms with Crippen LogP contribution in [0.15, 0.2) is 0 Å². The van der Waals surface area contributed by atoms with Gasteiger partial charge in [0.2, 0.25) is 0 Å². The molecule has 0 radical (unpaired) electrons. The van der Waals surface area contributed by atoms with Crippen LogP contribution in [-0.2, 0) is 27.3 Å². The summed E-state index contributed by atoms with van der Waals surface area (Å²) < 4.78 is 43.2. The van der Waals surface area contributed by atoms with E-state index in [2.05, 4.69) is 13.6 Å². The van der Waals surface area contributed by atoms with Crippen LogP contribution in [0.25, 0.3) is 0 Å². The minimum absolute atomic E-state index is 0.942. The molecular formula is C6H9O14P3-6. The predicted octanol–water partition coefficient (Wildman–Crippen LogP) is -6.25. The zero-order valence-electron chi connectivity index (χ0n) is 10.7. The molecule has 23 heavy (non-hydrogen) atoms. The fraction of sp³-hybridized carbons (Fsp3) is 1.00. The van der Waals surface area contributed by atoms with Crippen LogP contribution in [0.3, 0.4) is 0 Å². The molecule has 2 N–H and O–H groups in total. The van der Waals surface area contributed by atoms with Crippen molar-refractivity contribution in [2.45, 2.75) is 36.9 Å². The van der Waals surface area contributed by atoms with Crippen molar-refractivity contribution >= 4 is 23.5 Å². The zero-order valence-corrected chi connectivity index (χ0v) is 13.4. The van der Waals surface area contributed by atoms with Crippen molar-refractivity contribution in [3.63, 3.8) is 0 Å². The van der Waals surface area contributed by atoms with Gasteiger partial charge in [-0.15, -0.1) is 0 Å². The summed E-state index contributed by atoms with van der Waals surface area (Å²) in [6, 6.07) is 0. The summed E-state index contributed by atoms with van der Waals surface area (Å²) in [6.07, 6.45) is -12.4. The van der Waals surface area contributed by atoms with Crippen molar-refractivity contribution in [1.29, 1.82) is 0 Å². The van der Waals surface area contributed by atoms with E-state index in [0.29, 0.717) is 0 Å². The van der Waals surface area contributed by atoms with Gasteiger partial charge in [0.25, 0.3) is 0 Å². The molecule has 0 bridgehead atoms. The van der Waals surface area contributed by atoms with Gasteiger partial charge in [0, 0.05) is 6.42 Å². The van der Waals surface area contributed by atoms with Crippen LogP contribution in [0, 0.1) is 0 Å². The van der Waals surface area contributed by atoms with Crippen LogP contribution >= 0.6 is 23.5 Å². The van der Waals surface area contributed by atoms with Crippen LogP contribution in [0.4, 0.5) is 0 Å². The highest BCUT2D eigenvalue weighted by atomic mass is 31.2. The molecule has 17 heteroatoms. The van der Waals surface area contributed by atoms with Gasteiger partial charge < -0.3 is 66.8 Å². The Labute approximate surface area is 128 Å². The number of aliphatic hydroxyl groups is 2. The van der Waals surface area contributed by atoms with Crippen LogP contribution in [0.1, 0.15) is 6.42 Å². The van der Waals surface area contributed by atoms with E-state index in [1.165, 1.54) is 0 Å². The Bertz CT molecular complexity index is 545. The van der Waals surface area contributed by atoms with Gasteiger partial charge in [-0.2, -0.15) is 0 Å². The third-order valence-corrected chi connectivity index (χ3v) is 4.19. The van der Waals surface area contributed by atoms with E-state index in [1.807, 2.05) is 0 Å². The van der Waals surface area contributed by atoms with E-state index in [9.17, 15) is 53.3 Å². The third kappa shape index (κ3) is 7.34. The van der Waals surface area contributed by atoms with Crippen molar-refractivity contribution < 1.29 is 66.8 Å². The number of phosphoric ester groups is 3. The van der Waals surface area contributed by atoms with Gasteiger partial charge >= 0.3 is 0 Å². The Kier molecular flexibility index (Phi) is 6.70. The SMILES string of the molecule is O=P([O-])([O-])O[C@@H]1[C@@H](O)[C@H](OP(=O)([O-])[O-])C[C@@H](O)[C@H]1OP(=O)([O-])[O-]. The van der Waals surface area contributed by atoms with Gasteiger partial charge in [-0.1, -0.05) is 0 Å². The Morgan fingerprint density at radius 1 is 0.739 bits per heavy atom. The maximum absolute atomic E-state index is 10.6. The normalized spacial score (nSPS) is 33.7. The molecule has 0 unspecified atom stereocenters. The molecule has 1 saturated carbocycles. The number of aliphatic hydroxyl groups excluding tert-OH is 2. The van der Waals surface area contributed by atoms with Crippen LogP contribution in [-0.4, -0.2) is 40.7 Å². The van der Waals surface area contributed by atoms with Crippen LogP contribution < -0.4 is 29.4 Å². The highest BCUT2D eigenvalue weighted by Gasteiger charge is 2.47. The second kappa shape index (κ2) is 7.24. The first-order valence-electron chi connectivity index (χ1n) is 5.56. The van der Waals surface area contributed by atoms with Gasteiger partial charge in [-0.3, -0.25) is 0 Å². The lowest BCUT2D eigenvalue weighted by atomic mass is 9.87. The van der Waals surface area contributed by atoms with Crippen molar-refractivity contribution in [1.82, 2.24) is 0 Å². The zero-order chi connectivity index (χ0) is 18.2. The smallest absolute Gasteiger partial charge is 0.120 e. The minimum atomic E-state index is -5.90. The fourth-order valence-corrected chi connectivity index (χ4v) is 3.60. The minimum Gasteiger partial charge on any atom is -0.790 e. The third-order valence-electron chi connectivity index (χ3n) is 2.66. The molecule has 0 saturated heterocycles. The fourth-order valence-electron chi connectivity index (χ4n) is 1.96. The molecule has 0 aromatic heterocycles. The topological polar surface area (TPSA) is 258 Å². The average Bonchev–Trinajstić information content (AvgIpc) is 2.25. The molecule has 0 aliphatic heterocycles. The summed E-state index contributed by atoms with van der Waals surface area (Å²) in [7, 11) is -17.4. The average molecular weight is 398 g/mol. The van der Waals surface area contributed by atoms with E-state index in [1.54, 1.807) is 0 Å². The van der Waals surface area contributed by atoms with Gasteiger partial charge in [0.05, 0.1) is 35.7 Å². The van der Waals surface area contributed by atoms with Gasteiger partial charge in [0.15, 0.2) is 0 Å². The van der Waals surface area contributed by atoms with E-state index in [0.717, 1.165) is 0 Å². The Hall–Kier alpha value is 0.250. The maximum atomic E-state index is 10.6. The molecule has 0 heterocycles. The van der Waals surface area contributed by atoms with Gasteiger partial charge in [-0.25, -0.2) is 0 Å². The summed E-state index contributed by atoms with van der Waals surface area (Å²) in [5.74, 6) is 0. The van der Waals surface area contributed by atoms with E-state index < -0.39 is 60.4 Å². The lowest BCUT2D eigenvalue weighted by molar-refractivity contribution is -0.367. The Morgan fingerprint density at radius 2 is 1.13 bits per heavy atom. The summed E-state index contributed by atoms with van der Waals surface area (Å²) in [5.41, 5.74) is 0.